The largest absolute Gasteiger partial charge is 0.0622 e. The van der Waals surface area contributed by atoms with Crippen molar-refractivity contribution < 1.29 is 0 Å². The highest BCUT2D eigenvalue weighted by atomic mass is 14.3. The lowest BCUT2D eigenvalue weighted by molar-refractivity contribution is 1.59. The molecule has 314 valence electrons. The van der Waals surface area contributed by atoms with Crippen molar-refractivity contribution in [2.45, 2.75) is 0 Å². The van der Waals surface area contributed by atoms with E-state index in [1.165, 1.54) is 143 Å². The van der Waals surface area contributed by atoms with E-state index in [1.807, 2.05) is 0 Å². The first-order valence-electron chi connectivity index (χ1n) is 23.7. The number of hydrogen-bond donors (Lipinski definition) is 0. The predicted octanol–water partition coefficient (Wildman–Crippen LogP) is 19.2. The highest BCUT2D eigenvalue weighted by molar-refractivity contribution is 6.35. The van der Waals surface area contributed by atoms with E-state index in [9.17, 15) is 0 Å². The van der Waals surface area contributed by atoms with Crippen LogP contribution in [-0.2, 0) is 0 Å². The maximum absolute atomic E-state index is 2.53. The number of benzene rings is 14. The molecule has 0 atom stereocenters. The van der Waals surface area contributed by atoms with Crippen molar-refractivity contribution in [1.29, 1.82) is 0 Å². The third-order valence-electron chi connectivity index (χ3n) is 14.6. The summed E-state index contributed by atoms with van der Waals surface area (Å²) < 4.78 is 0. The van der Waals surface area contributed by atoms with Gasteiger partial charge >= 0.3 is 0 Å². The Hall–Kier alpha value is -8.84. The van der Waals surface area contributed by atoms with Crippen LogP contribution in [0.3, 0.4) is 0 Å². The minimum atomic E-state index is 1.21. The Morgan fingerprint density at radius 2 is 0.456 bits per heavy atom. The van der Waals surface area contributed by atoms with E-state index in [-0.39, 0.29) is 0 Å². The van der Waals surface area contributed by atoms with E-state index < -0.39 is 0 Å². The molecular weight excluding hydrogens is 817 g/mol. The molecule has 14 aromatic rings. The van der Waals surface area contributed by atoms with Gasteiger partial charge in [-0.2, -0.15) is 0 Å². The van der Waals surface area contributed by atoms with E-state index in [4.69, 9.17) is 0 Å². The minimum absolute atomic E-state index is 1.21. The molecule has 0 heterocycles. The fourth-order valence-corrected chi connectivity index (χ4v) is 11.6. The lowest BCUT2D eigenvalue weighted by Gasteiger charge is -2.23. The minimum Gasteiger partial charge on any atom is -0.0622 e. The van der Waals surface area contributed by atoms with E-state index in [2.05, 4.69) is 255 Å². The van der Waals surface area contributed by atoms with Crippen molar-refractivity contribution in [2.24, 2.45) is 0 Å². The molecule has 0 bridgehead atoms. The highest BCUT2D eigenvalue weighted by Crippen LogP contribution is 2.52. The van der Waals surface area contributed by atoms with Gasteiger partial charge in [-0.25, -0.2) is 0 Å². The summed E-state index contributed by atoms with van der Waals surface area (Å²) in [6.45, 7) is 0. The molecule has 0 fully saturated rings. The molecule has 0 heteroatoms. The van der Waals surface area contributed by atoms with Crippen LogP contribution in [0.15, 0.2) is 255 Å². The van der Waals surface area contributed by atoms with Gasteiger partial charge in [-0.1, -0.05) is 231 Å². The molecule has 0 spiro atoms. The maximum atomic E-state index is 2.53. The van der Waals surface area contributed by atoms with Gasteiger partial charge in [0, 0.05) is 0 Å². The topological polar surface area (TPSA) is 0 Å². The molecule has 14 aromatic carbocycles. The summed E-state index contributed by atoms with van der Waals surface area (Å²) >= 11 is 0. The SMILES string of the molecule is c1ccc(-c2ccccc2-c2cc(-c3ccccc3)c3cc(-c4cc5c(-c6ccccc6)cc(-c6ccccc6-c6ccccc6)c6ccc7cccc4c7c56)c4cccc5ccc2c3c54)cc1. The van der Waals surface area contributed by atoms with Crippen LogP contribution in [0, 0.1) is 0 Å². The third-order valence-corrected chi connectivity index (χ3v) is 14.6. The molecule has 0 saturated carbocycles. The van der Waals surface area contributed by atoms with Gasteiger partial charge in [0.15, 0.2) is 0 Å². The second-order valence-electron chi connectivity index (χ2n) is 18.2. The summed E-state index contributed by atoms with van der Waals surface area (Å²) in [6.07, 6.45) is 0. The lowest BCUT2D eigenvalue weighted by Crippen LogP contribution is -1.96. The molecule has 14 rings (SSSR count). The average molecular weight is 859 g/mol. The molecular formula is C68H42. The fourth-order valence-electron chi connectivity index (χ4n) is 11.6. The smallest absolute Gasteiger partial charge is 0.00139 e. The van der Waals surface area contributed by atoms with Gasteiger partial charge in [-0.3, -0.25) is 0 Å². The molecule has 0 aliphatic rings. The first kappa shape index (κ1) is 38.4. The second kappa shape index (κ2) is 15.4. The molecule has 0 amide bonds. The summed E-state index contributed by atoms with van der Waals surface area (Å²) in [5.41, 5.74) is 17.2. The zero-order valence-electron chi connectivity index (χ0n) is 37.2. The standard InChI is InChI=1S/C68H42/c1-5-19-43(20-6-1)49-29-13-15-31-51(49)59-39-57(45-23-9-3-10-24-45)63-41-61(53-33-17-27-47-35-37-55(59)67(63)65(47)53)62-42-64-58(46-25-11-4-12-26-46)40-60(52-32-16-14-30-50(52)44-21-7-2-8-22-44)56-38-36-48-28-18-34-54(62)66(48)68(56)64/h1-42H. The second-order valence-corrected chi connectivity index (χ2v) is 18.2. The van der Waals surface area contributed by atoms with Gasteiger partial charge < -0.3 is 0 Å². The van der Waals surface area contributed by atoms with Gasteiger partial charge in [0.05, 0.1) is 0 Å². The first-order chi connectivity index (χ1) is 33.8. The molecule has 0 saturated heterocycles. The van der Waals surface area contributed by atoms with Crippen LogP contribution in [0.2, 0.25) is 0 Å². The van der Waals surface area contributed by atoms with Crippen molar-refractivity contribution in [3.63, 3.8) is 0 Å². The Morgan fingerprint density at radius 3 is 0.838 bits per heavy atom. The molecule has 0 N–H and O–H groups in total. The number of rotatable bonds is 7. The summed E-state index contributed by atoms with van der Waals surface area (Å²) in [5.74, 6) is 0. The van der Waals surface area contributed by atoms with Crippen LogP contribution < -0.4 is 0 Å². The maximum Gasteiger partial charge on any atom is -0.00139 e. The van der Waals surface area contributed by atoms with Gasteiger partial charge in [0.1, 0.15) is 0 Å². The Bertz CT molecular complexity index is 3930. The summed E-state index contributed by atoms with van der Waals surface area (Å²) in [4.78, 5) is 0. The Morgan fingerprint density at radius 1 is 0.147 bits per heavy atom. The van der Waals surface area contributed by atoms with E-state index >= 15 is 0 Å². The fraction of sp³-hybridized carbons (Fsp3) is 0. The van der Waals surface area contributed by atoms with E-state index in [1.54, 1.807) is 0 Å². The van der Waals surface area contributed by atoms with Gasteiger partial charge in [-0.15, -0.1) is 0 Å². The molecule has 0 unspecified atom stereocenters. The lowest BCUT2D eigenvalue weighted by atomic mass is 9.79. The zero-order valence-corrected chi connectivity index (χ0v) is 37.2. The van der Waals surface area contributed by atoms with Crippen LogP contribution >= 0.6 is 0 Å². The molecule has 0 radical (unpaired) electrons. The Balaban J connectivity index is 1.11. The van der Waals surface area contributed by atoms with Gasteiger partial charge in [-0.05, 0) is 167 Å². The summed E-state index contributed by atoms with van der Waals surface area (Å²) in [7, 11) is 0. The highest BCUT2D eigenvalue weighted by Gasteiger charge is 2.25. The van der Waals surface area contributed by atoms with Crippen molar-refractivity contribution in [2.75, 3.05) is 0 Å². The zero-order chi connectivity index (χ0) is 44.7. The average Bonchev–Trinajstić information content (AvgIpc) is 3.42. The van der Waals surface area contributed by atoms with Gasteiger partial charge in [0.2, 0.25) is 0 Å². The molecule has 68 heavy (non-hydrogen) atoms. The monoisotopic (exact) mass is 858 g/mol. The van der Waals surface area contributed by atoms with Crippen LogP contribution in [0.25, 0.3) is 143 Å². The van der Waals surface area contributed by atoms with Crippen LogP contribution in [-0.4, -0.2) is 0 Å². The van der Waals surface area contributed by atoms with Crippen LogP contribution in [0.1, 0.15) is 0 Å². The van der Waals surface area contributed by atoms with Crippen molar-refractivity contribution in [3.8, 4) is 77.9 Å². The van der Waals surface area contributed by atoms with E-state index in [0.717, 1.165) is 0 Å². The van der Waals surface area contributed by atoms with Gasteiger partial charge in [0.25, 0.3) is 0 Å². The summed E-state index contributed by atoms with van der Waals surface area (Å²) in [6, 6.07) is 94.8. The molecule has 0 aromatic heterocycles. The quantitative estimate of drug-likeness (QED) is 0.140. The van der Waals surface area contributed by atoms with Crippen molar-refractivity contribution in [3.05, 3.63) is 255 Å². The molecule has 0 aliphatic carbocycles. The van der Waals surface area contributed by atoms with Crippen LogP contribution in [0.4, 0.5) is 0 Å². The van der Waals surface area contributed by atoms with E-state index in [0.29, 0.717) is 0 Å². The van der Waals surface area contributed by atoms with Crippen molar-refractivity contribution in [1.82, 2.24) is 0 Å². The van der Waals surface area contributed by atoms with Crippen LogP contribution in [0.5, 0.6) is 0 Å². The predicted molar refractivity (Wildman–Crippen MR) is 292 cm³/mol. The van der Waals surface area contributed by atoms with Crippen molar-refractivity contribution >= 4 is 64.6 Å². The Kier molecular flexibility index (Phi) is 8.69. The Labute approximate surface area is 395 Å². The normalized spacial score (nSPS) is 11.8. The molecule has 0 aliphatic heterocycles. The third kappa shape index (κ3) is 5.88. The summed E-state index contributed by atoms with van der Waals surface area (Å²) in [5, 5.41) is 15.3. The molecule has 0 nitrogen and oxygen atoms in total. The first-order valence-corrected chi connectivity index (χ1v) is 23.7. The number of hydrogen-bond acceptors (Lipinski definition) is 0.